The first-order valence-corrected chi connectivity index (χ1v) is 19.8. The second-order valence-corrected chi connectivity index (χ2v) is 19.7. The van der Waals surface area contributed by atoms with Crippen molar-refractivity contribution >= 4 is 98.1 Å². The summed E-state index contributed by atoms with van der Waals surface area (Å²) in [6.07, 6.45) is 0. The lowest BCUT2D eigenvalue weighted by Crippen LogP contribution is -2.11. The third-order valence-electron chi connectivity index (χ3n) is 12.8. The van der Waals surface area contributed by atoms with Crippen molar-refractivity contribution in [2.24, 2.45) is 0 Å². The second-order valence-electron chi connectivity index (χ2n) is 19.7. The number of aromatic nitrogens is 2. The zero-order chi connectivity index (χ0) is 37.5. The lowest BCUT2D eigenvalue weighted by atomic mass is 9.84. The molecule has 11 rings (SSSR count). The van der Waals surface area contributed by atoms with Crippen LogP contribution in [0.25, 0.3) is 98.1 Å². The monoisotopic (exact) mass is 704 g/mol. The molecule has 0 bridgehead atoms. The fraction of sp³-hybridized carbons (Fsp3) is 0.294. The van der Waals surface area contributed by atoms with Crippen molar-refractivity contribution in [3.8, 4) is 0 Å². The molecule has 54 heavy (non-hydrogen) atoms. The number of rotatable bonds is 1. The Morgan fingerprint density at radius 1 is 0.407 bits per heavy atom. The maximum Gasteiger partial charge on any atom is 0.145 e. The van der Waals surface area contributed by atoms with E-state index in [4.69, 9.17) is 4.42 Å². The first-order valence-electron chi connectivity index (χ1n) is 19.8. The maximum absolute atomic E-state index is 7.36. The zero-order valence-electron chi connectivity index (χ0n) is 33.5. The first-order chi connectivity index (χ1) is 25.5. The lowest BCUT2D eigenvalue weighted by molar-refractivity contribution is 0.590. The molecule has 0 aliphatic rings. The Labute approximate surface area is 315 Å². The van der Waals surface area contributed by atoms with Crippen LogP contribution in [0.3, 0.4) is 0 Å². The van der Waals surface area contributed by atoms with E-state index in [-0.39, 0.29) is 16.2 Å². The summed E-state index contributed by atoms with van der Waals surface area (Å²) in [7, 11) is 0. The summed E-state index contributed by atoms with van der Waals surface area (Å²) >= 11 is 0. The highest BCUT2D eigenvalue weighted by molar-refractivity contribution is 6.34. The van der Waals surface area contributed by atoms with Crippen molar-refractivity contribution in [1.29, 1.82) is 0 Å². The maximum atomic E-state index is 7.36. The molecule has 0 amide bonds. The van der Waals surface area contributed by atoms with Gasteiger partial charge in [-0.3, -0.25) is 0 Å². The van der Waals surface area contributed by atoms with Crippen LogP contribution in [-0.2, 0) is 16.2 Å². The molecular formula is C51H48N2O. The minimum Gasteiger partial charge on any atom is -0.455 e. The molecule has 5 heterocycles. The van der Waals surface area contributed by atoms with E-state index in [1.165, 1.54) is 109 Å². The summed E-state index contributed by atoms with van der Waals surface area (Å²) in [6, 6.07) is 33.3. The largest absolute Gasteiger partial charge is 0.455 e. The number of furan rings is 1. The van der Waals surface area contributed by atoms with Gasteiger partial charge in [0.15, 0.2) is 0 Å². The molecular weight excluding hydrogens is 657 g/mol. The van der Waals surface area contributed by atoms with E-state index in [1.807, 2.05) is 0 Å². The number of nitrogens with zero attached hydrogens (tertiary/aromatic N) is 2. The molecule has 6 aromatic carbocycles. The molecule has 0 N–H and O–H groups in total. The Hall–Kier alpha value is -5.28. The van der Waals surface area contributed by atoms with Gasteiger partial charge in [-0.1, -0.05) is 88.3 Å². The van der Waals surface area contributed by atoms with E-state index in [9.17, 15) is 0 Å². The Kier molecular flexibility index (Phi) is 5.88. The van der Waals surface area contributed by atoms with Gasteiger partial charge in [0.25, 0.3) is 0 Å². The molecule has 0 atom stereocenters. The minimum atomic E-state index is -0.0122. The van der Waals surface area contributed by atoms with Gasteiger partial charge in [-0.05, 0) is 117 Å². The van der Waals surface area contributed by atoms with Crippen molar-refractivity contribution in [2.45, 2.75) is 98.3 Å². The molecule has 3 heteroatoms. The summed E-state index contributed by atoms with van der Waals surface area (Å²) in [5.41, 5.74) is 15.0. The van der Waals surface area contributed by atoms with E-state index in [0.29, 0.717) is 5.92 Å². The standard InChI is InChI=1S/C51H48N2O/c1-26(2)27-12-16-39-33(20-27)35-22-29(50(6,7)8)24-37-43-41(52(39)45(35)37)18-14-31-32-15-19-42-44(48(32)54-47(31)43)38-25-30(51(9,10)11)23-36-34-21-28(49(3,4)5)13-17-40(34)53(42)46(36)38/h12-26H,1-11H3. The van der Waals surface area contributed by atoms with Crippen molar-refractivity contribution in [3.63, 3.8) is 0 Å². The smallest absolute Gasteiger partial charge is 0.145 e. The molecule has 0 unspecified atom stereocenters. The first kappa shape index (κ1) is 32.2. The second kappa shape index (κ2) is 9.87. The van der Waals surface area contributed by atoms with Crippen molar-refractivity contribution in [1.82, 2.24) is 8.80 Å². The molecule has 0 radical (unpaired) electrons. The van der Waals surface area contributed by atoms with Gasteiger partial charge in [0.2, 0.25) is 0 Å². The van der Waals surface area contributed by atoms with Crippen LogP contribution in [0.4, 0.5) is 0 Å². The van der Waals surface area contributed by atoms with Gasteiger partial charge < -0.3 is 13.2 Å². The van der Waals surface area contributed by atoms with Crippen LogP contribution in [0.5, 0.6) is 0 Å². The third-order valence-corrected chi connectivity index (χ3v) is 12.8. The summed E-state index contributed by atoms with van der Waals surface area (Å²) in [4.78, 5) is 0. The summed E-state index contributed by atoms with van der Waals surface area (Å²) in [6.45, 7) is 25.5. The van der Waals surface area contributed by atoms with Gasteiger partial charge in [-0.15, -0.1) is 0 Å². The predicted molar refractivity (Wildman–Crippen MR) is 233 cm³/mol. The van der Waals surface area contributed by atoms with Gasteiger partial charge in [0, 0.05) is 43.1 Å². The van der Waals surface area contributed by atoms with Crippen LogP contribution in [0.15, 0.2) is 89.3 Å². The predicted octanol–water partition coefficient (Wildman–Crippen LogP) is 14.9. The Morgan fingerprint density at radius 2 is 0.815 bits per heavy atom. The highest BCUT2D eigenvalue weighted by Crippen LogP contribution is 2.49. The topological polar surface area (TPSA) is 22.0 Å². The molecule has 0 fully saturated rings. The molecule has 0 aliphatic carbocycles. The van der Waals surface area contributed by atoms with E-state index in [2.05, 4.69) is 170 Å². The van der Waals surface area contributed by atoms with E-state index < -0.39 is 0 Å². The normalized spacial score (nSPS) is 14.0. The molecule has 0 spiro atoms. The average Bonchev–Trinajstić information content (AvgIpc) is 3.89. The summed E-state index contributed by atoms with van der Waals surface area (Å²) in [5.74, 6) is 0.469. The molecule has 3 nitrogen and oxygen atoms in total. The minimum absolute atomic E-state index is 0.00649. The molecule has 268 valence electrons. The van der Waals surface area contributed by atoms with Crippen molar-refractivity contribution in [3.05, 3.63) is 107 Å². The van der Waals surface area contributed by atoms with E-state index in [1.54, 1.807) is 0 Å². The summed E-state index contributed by atoms with van der Waals surface area (Å²) in [5, 5.41) is 12.7. The molecule has 0 aliphatic heterocycles. The quantitative estimate of drug-likeness (QED) is 0.167. The number of hydrogen-bond donors (Lipinski definition) is 0. The summed E-state index contributed by atoms with van der Waals surface area (Å²) < 4.78 is 12.4. The van der Waals surface area contributed by atoms with Gasteiger partial charge in [-0.25, -0.2) is 0 Å². The van der Waals surface area contributed by atoms with Crippen molar-refractivity contribution in [2.75, 3.05) is 0 Å². The van der Waals surface area contributed by atoms with E-state index in [0.717, 1.165) is 11.2 Å². The Balaban J connectivity index is 1.31. The van der Waals surface area contributed by atoms with Crippen LogP contribution in [-0.4, -0.2) is 8.80 Å². The average molecular weight is 705 g/mol. The van der Waals surface area contributed by atoms with Gasteiger partial charge in [0.05, 0.1) is 43.9 Å². The highest BCUT2D eigenvalue weighted by Gasteiger charge is 2.28. The fourth-order valence-electron chi connectivity index (χ4n) is 9.66. The fourth-order valence-corrected chi connectivity index (χ4v) is 9.66. The van der Waals surface area contributed by atoms with Crippen LogP contribution >= 0.6 is 0 Å². The SMILES string of the molecule is CC(C)c1ccc2c(c1)c1cc(C(C)(C)C)cc3c4c5oc6c(ccc7c6c6cc(C(C)(C)C)cc8c9cc(C(C)(C)C)ccc9n7c86)c5ccc4n2c13. The number of benzene rings is 6. The van der Waals surface area contributed by atoms with Gasteiger partial charge in [0.1, 0.15) is 11.2 Å². The number of hydrogen-bond acceptors (Lipinski definition) is 1. The van der Waals surface area contributed by atoms with Crippen LogP contribution < -0.4 is 0 Å². The van der Waals surface area contributed by atoms with Crippen LogP contribution in [0.1, 0.15) is 104 Å². The number of fused-ring (bicyclic) bond motifs is 17. The Bertz CT molecular complexity index is 3390. The zero-order valence-corrected chi connectivity index (χ0v) is 33.5. The van der Waals surface area contributed by atoms with Crippen molar-refractivity contribution < 1.29 is 4.42 Å². The highest BCUT2D eigenvalue weighted by atomic mass is 16.3. The lowest BCUT2D eigenvalue weighted by Gasteiger charge is -2.20. The van der Waals surface area contributed by atoms with Gasteiger partial charge >= 0.3 is 0 Å². The molecule has 0 saturated heterocycles. The molecule has 5 aromatic heterocycles. The Morgan fingerprint density at radius 3 is 1.28 bits per heavy atom. The van der Waals surface area contributed by atoms with Crippen LogP contribution in [0, 0.1) is 0 Å². The molecule has 11 aromatic rings. The van der Waals surface area contributed by atoms with Crippen LogP contribution in [0.2, 0.25) is 0 Å². The molecule has 0 saturated carbocycles. The van der Waals surface area contributed by atoms with E-state index >= 15 is 0 Å². The third kappa shape index (κ3) is 3.98. The van der Waals surface area contributed by atoms with Gasteiger partial charge in [-0.2, -0.15) is 0 Å².